The van der Waals surface area contributed by atoms with Gasteiger partial charge < -0.3 is 10.2 Å². The van der Waals surface area contributed by atoms with E-state index in [4.69, 9.17) is 5.26 Å². The molecule has 1 aliphatic rings. The van der Waals surface area contributed by atoms with Gasteiger partial charge in [-0.15, -0.1) is 0 Å². The van der Waals surface area contributed by atoms with Crippen molar-refractivity contribution in [1.82, 2.24) is 4.90 Å². The summed E-state index contributed by atoms with van der Waals surface area (Å²) in [6, 6.07) is 5.93. The van der Waals surface area contributed by atoms with E-state index in [1.165, 1.54) is 9.80 Å². The summed E-state index contributed by atoms with van der Waals surface area (Å²) in [7, 11) is 1.65. The van der Waals surface area contributed by atoms with Gasteiger partial charge in [0.1, 0.15) is 6.54 Å². The van der Waals surface area contributed by atoms with Gasteiger partial charge in [0.15, 0.2) is 0 Å². The van der Waals surface area contributed by atoms with Crippen molar-refractivity contribution < 1.29 is 9.59 Å². The van der Waals surface area contributed by atoms with Crippen molar-refractivity contribution in [2.24, 2.45) is 0 Å². The van der Waals surface area contributed by atoms with Gasteiger partial charge in [-0.1, -0.05) is 0 Å². The molecular formula is C16H20N4O2. The molecule has 0 unspecified atom stereocenters. The molecule has 1 N–H and O–H groups in total. The zero-order valence-electron chi connectivity index (χ0n) is 13.1. The Morgan fingerprint density at radius 1 is 1.41 bits per heavy atom. The number of carbonyl (C=O) groups excluding carboxylic acids is 2. The molecule has 0 saturated carbocycles. The number of benzene rings is 1. The number of aryl methyl sites for hydroxylation is 2. The monoisotopic (exact) mass is 300 g/mol. The van der Waals surface area contributed by atoms with Crippen molar-refractivity contribution >= 4 is 23.2 Å². The SMILES string of the molecule is Cc1cc2c(cc1C)N(CC(=O)N(C)CCC#N)C(=O)CN2. The summed E-state index contributed by atoms with van der Waals surface area (Å²) in [5.74, 6) is -0.299. The number of carbonyl (C=O) groups is 2. The third kappa shape index (κ3) is 3.19. The van der Waals surface area contributed by atoms with Gasteiger partial charge in [-0.25, -0.2) is 0 Å². The Labute approximate surface area is 130 Å². The molecule has 1 aromatic carbocycles. The quantitative estimate of drug-likeness (QED) is 0.912. The lowest BCUT2D eigenvalue weighted by Crippen LogP contribution is -2.46. The third-order valence-corrected chi connectivity index (χ3v) is 3.91. The second-order valence-electron chi connectivity index (χ2n) is 5.51. The second kappa shape index (κ2) is 6.48. The van der Waals surface area contributed by atoms with Gasteiger partial charge >= 0.3 is 0 Å². The first kappa shape index (κ1) is 15.8. The van der Waals surface area contributed by atoms with E-state index in [1.807, 2.05) is 32.0 Å². The summed E-state index contributed by atoms with van der Waals surface area (Å²) in [5, 5.41) is 11.7. The predicted molar refractivity (Wildman–Crippen MR) is 84.6 cm³/mol. The summed E-state index contributed by atoms with van der Waals surface area (Å²) in [6.07, 6.45) is 0.284. The van der Waals surface area contributed by atoms with E-state index < -0.39 is 0 Å². The average molecular weight is 300 g/mol. The fourth-order valence-electron chi connectivity index (χ4n) is 2.34. The van der Waals surface area contributed by atoms with E-state index in [2.05, 4.69) is 5.32 Å². The highest BCUT2D eigenvalue weighted by atomic mass is 16.2. The zero-order chi connectivity index (χ0) is 16.3. The van der Waals surface area contributed by atoms with Crippen LogP contribution in [0.5, 0.6) is 0 Å². The van der Waals surface area contributed by atoms with Crippen molar-refractivity contribution in [2.45, 2.75) is 20.3 Å². The maximum atomic E-state index is 12.2. The number of hydrogen-bond acceptors (Lipinski definition) is 4. The molecule has 1 aromatic rings. The Balaban J connectivity index is 2.21. The smallest absolute Gasteiger partial charge is 0.246 e. The lowest BCUT2D eigenvalue weighted by Gasteiger charge is -2.31. The van der Waals surface area contributed by atoms with Crippen molar-refractivity contribution in [2.75, 3.05) is 36.9 Å². The molecule has 6 nitrogen and oxygen atoms in total. The number of hydrogen-bond donors (Lipinski definition) is 1. The van der Waals surface area contributed by atoms with Crippen LogP contribution in [0.25, 0.3) is 0 Å². The van der Waals surface area contributed by atoms with Crippen LogP contribution in [-0.2, 0) is 9.59 Å². The fraction of sp³-hybridized carbons (Fsp3) is 0.438. The number of nitrogens with one attached hydrogen (secondary N) is 1. The van der Waals surface area contributed by atoms with Gasteiger partial charge in [0.2, 0.25) is 11.8 Å². The number of fused-ring (bicyclic) bond motifs is 1. The van der Waals surface area contributed by atoms with Crippen molar-refractivity contribution in [3.05, 3.63) is 23.3 Å². The lowest BCUT2D eigenvalue weighted by atomic mass is 10.1. The average Bonchev–Trinajstić information content (AvgIpc) is 2.49. The summed E-state index contributed by atoms with van der Waals surface area (Å²) in [5.41, 5.74) is 3.82. The summed E-state index contributed by atoms with van der Waals surface area (Å²) >= 11 is 0. The van der Waals surface area contributed by atoms with Crippen LogP contribution in [0, 0.1) is 25.2 Å². The first-order valence-corrected chi connectivity index (χ1v) is 7.20. The summed E-state index contributed by atoms with van der Waals surface area (Å²) in [6.45, 7) is 4.55. The topological polar surface area (TPSA) is 76.4 Å². The van der Waals surface area contributed by atoms with E-state index >= 15 is 0 Å². The highest BCUT2D eigenvalue weighted by Crippen LogP contribution is 2.32. The first-order chi connectivity index (χ1) is 10.4. The maximum absolute atomic E-state index is 12.2. The largest absolute Gasteiger partial charge is 0.374 e. The molecule has 6 heteroatoms. The molecule has 1 heterocycles. The van der Waals surface area contributed by atoms with Crippen LogP contribution in [0.3, 0.4) is 0 Å². The van der Waals surface area contributed by atoms with E-state index in [9.17, 15) is 9.59 Å². The van der Waals surface area contributed by atoms with Crippen molar-refractivity contribution in [3.63, 3.8) is 0 Å². The minimum atomic E-state index is -0.172. The molecule has 22 heavy (non-hydrogen) atoms. The fourth-order valence-corrected chi connectivity index (χ4v) is 2.34. The Morgan fingerprint density at radius 3 is 2.77 bits per heavy atom. The normalized spacial score (nSPS) is 13.2. The van der Waals surface area contributed by atoms with Crippen LogP contribution in [0.15, 0.2) is 12.1 Å². The number of nitrogens with zero attached hydrogens (tertiary/aromatic N) is 3. The van der Waals surface area contributed by atoms with E-state index in [0.717, 1.165) is 22.5 Å². The number of rotatable bonds is 4. The van der Waals surface area contributed by atoms with Crippen LogP contribution in [0.2, 0.25) is 0 Å². The van der Waals surface area contributed by atoms with Crippen LogP contribution in [-0.4, -0.2) is 43.4 Å². The van der Waals surface area contributed by atoms with Crippen LogP contribution >= 0.6 is 0 Å². The van der Waals surface area contributed by atoms with Crippen LogP contribution in [0.4, 0.5) is 11.4 Å². The molecule has 0 radical (unpaired) electrons. The molecule has 0 spiro atoms. The highest BCUT2D eigenvalue weighted by Gasteiger charge is 2.27. The number of likely N-dealkylation sites (N-methyl/N-ethyl adjacent to an activating group) is 1. The van der Waals surface area contributed by atoms with Gasteiger partial charge in [0.05, 0.1) is 30.4 Å². The second-order valence-corrected chi connectivity index (χ2v) is 5.51. The zero-order valence-corrected chi connectivity index (χ0v) is 13.1. The van der Waals surface area contributed by atoms with Crippen molar-refractivity contribution in [1.29, 1.82) is 5.26 Å². The highest BCUT2D eigenvalue weighted by molar-refractivity contribution is 6.06. The molecule has 0 saturated heterocycles. The predicted octanol–water partition coefficient (Wildman–Crippen LogP) is 1.43. The van der Waals surface area contributed by atoms with E-state index in [-0.39, 0.29) is 31.3 Å². The summed E-state index contributed by atoms with van der Waals surface area (Å²) < 4.78 is 0. The van der Waals surface area contributed by atoms with Gasteiger partial charge in [-0.2, -0.15) is 5.26 Å². The van der Waals surface area contributed by atoms with Gasteiger partial charge in [0.25, 0.3) is 0 Å². The van der Waals surface area contributed by atoms with Gasteiger partial charge in [-0.3, -0.25) is 14.5 Å². The molecule has 0 aromatic heterocycles. The van der Waals surface area contributed by atoms with Gasteiger partial charge in [0, 0.05) is 13.6 Å². The molecule has 116 valence electrons. The van der Waals surface area contributed by atoms with Gasteiger partial charge in [-0.05, 0) is 37.1 Å². The molecule has 0 aliphatic carbocycles. The molecule has 2 rings (SSSR count). The number of anilines is 2. The Kier molecular flexibility index (Phi) is 4.66. The Bertz CT molecular complexity index is 648. The minimum Gasteiger partial charge on any atom is -0.374 e. The Morgan fingerprint density at radius 2 is 2.09 bits per heavy atom. The van der Waals surface area contributed by atoms with Crippen LogP contribution < -0.4 is 10.2 Å². The maximum Gasteiger partial charge on any atom is 0.246 e. The van der Waals surface area contributed by atoms with Crippen molar-refractivity contribution in [3.8, 4) is 6.07 Å². The molecule has 2 amide bonds. The molecule has 0 atom stereocenters. The number of nitriles is 1. The molecular weight excluding hydrogens is 280 g/mol. The minimum absolute atomic E-state index is 0.00204. The standard InChI is InChI=1S/C16H20N4O2/c1-11-7-13-14(8-12(11)2)20(15(21)9-18-13)10-16(22)19(3)6-4-5-17/h7-8,18H,4,6,9-10H2,1-3H3. The van der Waals surface area contributed by atoms with Crippen LogP contribution in [0.1, 0.15) is 17.5 Å². The number of amides is 2. The lowest BCUT2D eigenvalue weighted by molar-refractivity contribution is -0.130. The van der Waals surface area contributed by atoms with E-state index in [1.54, 1.807) is 7.05 Å². The van der Waals surface area contributed by atoms with E-state index in [0.29, 0.717) is 6.54 Å². The third-order valence-electron chi connectivity index (χ3n) is 3.91. The molecule has 0 fully saturated rings. The summed E-state index contributed by atoms with van der Waals surface area (Å²) in [4.78, 5) is 27.4. The Hall–Kier alpha value is -2.55. The molecule has 1 aliphatic heterocycles. The molecule has 0 bridgehead atoms. The first-order valence-electron chi connectivity index (χ1n) is 7.20.